The van der Waals surface area contributed by atoms with E-state index in [1.807, 2.05) is 60.4 Å². The topological polar surface area (TPSA) is 29.5 Å². The molecule has 0 saturated carbocycles. The lowest BCUT2D eigenvalue weighted by atomic mass is 9.86. The fourth-order valence-corrected chi connectivity index (χ4v) is 7.07. The summed E-state index contributed by atoms with van der Waals surface area (Å²) in [4.78, 5) is 16.6. The highest BCUT2D eigenvalue weighted by Gasteiger charge is 2.44. The van der Waals surface area contributed by atoms with Crippen molar-refractivity contribution in [3.63, 3.8) is 0 Å². The van der Waals surface area contributed by atoms with E-state index in [0.717, 1.165) is 36.8 Å². The summed E-state index contributed by atoms with van der Waals surface area (Å²) in [5.41, 5.74) is 3.40. The maximum atomic E-state index is 13.6. The second kappa shape index (κ2) is 7.43. The number of amides is 1. The Morgan fingerprint density at radius 2 is 1.86 bits per heavy atom. The van der Waals surface area contributed by atoms with Crippen molar-refractivity contribution >= 4 is 44.5 Å². The molecule has 3 aromatic rings. The second-order valence-corrected chi connectivity index (χ2v) is 10.0. The number of hydrogen-bond donors (Lipinski definition) is 0. The smallest absolute Gasteiger partial charge is 0.232 e. The number of benzene rings is 2. The highest BCUT2D eigenvalue weighted by molar-refractivity contribution is 7.80. The second-order valence-electron chi connectivity index (χ2n) is 7.19. The molecule has 2 heterocycles. The van der Waals surface area contributed by atoms with Gasteiger partial charge in [-0.25, -0.2) is 0 Å². The van der Waals surface area contributed by atoms with Crippen LogP contribution < -0.4 is 9.64 Å². The van der Waals surface area contributed by atoms with Gasteiger partial charge in [0.05, 0.1) is 29.1 Å². The van der Waals surface area contributed by atoms with Crippen LogP contribution in [0.1, 0.15) is 31.2 Å². The van der Waals surface area contributed by atoms with Crippen molar-refractivity contribution in [2.75, 3.05) is 11.5 Å². The van der Waals surface area contributed by atoms with Crippen LogP contribution >= 0.6 is 32.9 Å². The minimum Gasteiger partial charge on any atom is -0.492 e. The van der Waals surface area contributed by atoms with E-state index >= 15 is 0 Å². The Labute approximate surface area is 177 Å². The first-order valence-electron chi connectivity index (χ1n) is 9.22. The monoisotopic (exact) mass is 427 g/mol. The number of fused-ring (bicyclic) bond motifs is 3. The Morgan fingerprint density at radius 1 is 1.11 bits per heavy atom. The number of hydrogen-bond acceptors (Lipinski definition) is 5. The fourth-order valence-electron chi connectivity index (χ4n) is 3.79. The summed E-state index contributed by atoms with van der Waals surface area (Å²) in [6.45, 7) is 6.69. The first kappa shape index (κ1) is 19.3. The van der Waals surface area contributed by atoms with Gasteiger partial charge in [0.1, 0.15) is 9.57 Å². The van der Waals surface area contributed by atoms with Crippen LogP contribution in [0.2, 0.25) is 0 Å². The van der Waals surface area contributed by atoms with E-state index in [2.05, 4.69) is 13.8 Å². The molecule has 1 aliphatic rings. The van der Waals surface area contributed by atoms with Gasteiger partial charge in [-0.05, 0) is 32.4 Å². The third-order valence-corrected chi connectivity index (χ3v) is 8.32. The van der Waals surface area contributed by atoms with Crippen molar-refractivity contribution in [2.45, 2.75) is 32.7 Å². The first-order chi connectivity index (χ1) is 13.4. The summed E-state index contributed by atoms with van der Waals surface area (Å²) in [5.74, 6) is 0.783. The van der Waals surface area contributed by atoms with Gasteiger partial charge in [0.25, 0.3) is 0 Å². The molecule has 0 unspecified atom stereocenters. The molecular formula is C22H21NO2S3. The largest absolute Gasteiger partial charge is 0.492 e. The van der Waals surface area contributed by atoms with Gasteiger partial charge in [0.15, 0.2) is 0 Å². The lowest BCUT2D eigenvalue weighted by Crippen LogP contribution is -2.48. The fraction of sp³-hybridized carbons (Fsp3) is 0.273. The summed E-state index contributed by atoms with van der Waals surface area (Å²) < 4.78 is 6.81. The minimum atomic E-state index is -0.500. The van der Waals surface area contributed by atoms with Crippen LogP contribution in [-0.4, -0.2) is 12.5 Å². The summed E-state index contributed by atoms with van der Waals surface area (Å²) in [6.07, 6.45) is 0.342. The molecule has 0 bridgehead atoms. The van der Waals surface area contributed by atoms with E-state index in [0.29, 0.717) is 13.0 Å². The molecule has 0 fully saturated rings. The Balaban J connectivity index is 1.91. The molecule has 0 spiro atoms. The lowest BCUT2D eigenvalue weighted by Gasteiger charge is -2.43. The average Bonchev–Trinajstić information content (AvgIpc) is 3.06. The molecule has 0 aliphatic carbocycles. The molecule has 1 aromatic heterocycles. The van der Waals surface area contributed by atoms with Gasteiger partial charge in [-0.15, -0.1) is 0 Å². The Hall–Kier alpha value is -2.02. The third-order valence-electron chi connectivity index (χ3n) is 4.99. The summed E-state index contributed by atoms with van der Waals surface area (Å²) in [7, 11) is 3.27. The molecule has 0 radical (unpaired) electrons. The van der Waals surface area contributed by atoms with Crippen molar-refractivity contribution in [3.8, 4) is 16.9 Å². The molecule has 28 heavy (non-hydrogen) atoms. The van der Waals surface area contributed by atoms with Crippen LogP contribution in [0.5, 0.6) is 5.75 Å². The normalized spacial score (nSPS) is 14.3. The van der Waals surface area contributed by atoms with Crippen LogP contribution in [0, 0.1) is 3.82 Å². The molecule has 144 valence electrons. The Bertz CT molecular complexity index is 1080. The minimum absolute atomic E-state index is 0.0552. The van der Waals surface area contributed by atoms with E-state index in [-0.39, 0.29) is 5.91 Å². The molecule has 0 atom stereocenters. The van der Waals surface area contributed by atoms with Gasteiger partial charge < -0.3 is 4.74 Å². The number of anilines is 1. The van der Waals surface area contributed by atoms with Crippen LogP contribution in [0.4, 0.5) is 5.69 Å². The average molecular weight is 428 g/mol. The van der Waals surface area contributed by atoms with Crippen LogP contribution in [-0.2, 0) is 16.8 Å². The molecule has 3 nitrogen and oxygen atoms in total. The summed E-state index contributed by atoms with van der Waals surface area (Å²) in [5, 5.41) is 0. The van der Waals surface area contributed by atoms with Gasteiger partial charge in [-0.3, -0.25) is 9.69 Å². The molecule has 1 aliphatic heterocycles. The van der Waals surface area contributed by atoms with Crippen LogP contribution in [0.15, 0.2) is 48.5 Å². The molecule has 0 saturated heterocycles. The van der Waals surface area contributed by atoms with E-state index in [4.69, 9.17) is 17.0 Å². The highest BCUT2D eigenvalue weighted by Crippen LogP contribution is 2.54. The van der Waals surface area contributed by atoms with Gasteiger partial charge in [-0.1, -0.05) is 75.4 Å². The number of carbonyl (C=O) groups excluding carboxylic acids is 1. The number of nitrogens with zero attached hydrogens (tertiary/aromatic N) is 1. The quantitative estimate of drug-likeness (QED) is 0.355. The Morgan fingerprint density at radius 3 is 2.57 bits per heavy atom. The highest BCUT2D eigenvalue weighted by atomic mass is 32.9. The van der Waals surface area contributed by atoms with E-state index in [1.165, 1.54) is 0 Å². The standard InChI is InChI=1S/C22H21NO2S3/c1-4-25-16-12-8-11-15-18-20(27-28-21(18)26)22(2,3)23(19(15)16)17(24)13-14-9-6-5-7-10-14/h5-12H,4,13H2,1-3H3. The molecule has 1 amide bonds. The van der Waals surface area contributed by atoms with Gasteiger partial charge >= 0.3 is 0 Å². The summed E-state index contributed by atoms with van der Waals surface area (Å²) in [6, 6.07) is 15.8. The molecule has 4 rings (SSSR count). The summed E-state index contributed by atoms with van der Waals surface area (Å²) >= 11 is 5.65. The zero-order valence-corrected chi connectivity index (χ0v) is 18.5. The molecule has 6 heteroatoms. The van der Waals surface area contributed by atoms with E-state index in [1.54, 1.807) is 20.7 Å². The molecule has 2 aromatic carbocycles. The van der Waals surface area contributed by atoms with E-state index < -0.39 is 5.54 Å². The maximum Gasteiger partial charge on any atom is 0.232 e. The molecular weight excluding hydrogens is 406 g/mol. The lowest BCUT2D eigenvalue weighted by molar-refractivity contribution is -0.119. The number of rotatable bonds is 4. The van der Waals surface area contributed by atoms with Gasteiger partial charge in [-0.2, -0.15) is 0 Å². The van der Waals surface area contributed by atoms with Crippen LogP contribution in [0.25, 0.3) is 11.1 Å². The van der Waals surface area contributed by atoms with Crippen molar-refractivity contribution < 1.29 is 9.53 Å². The predicted molar refractivity (Wildman–Crippen MR) is 120 cm³/mol. The van der Waals surface area contributed by atoms with Gasteiger partial charge in [0.2, 0.25) is 5.91 Å². The number of carbonyl (C=O) groups is 1. The van der Waals surface area contributed by atoms with Crippen molar-refractivity contribution in [1.29, 1.82) is 0 Å². The van der Waals surface area contributed by atoms with E-state index in [9.17, 15) is 4.79 Å². The predicted octanol–water partition coefficient (Wildman–Crippen LogP) is 6.43. The van der Waals surface area contributed by atoms with Crippen LogP contribution in [0.3, 0.4) is 0 Å². The Kier molecular flexibility index (Phi) is 5.12. The number of para-hydroxylation sites is 1. The van der Waals surface area contributed by atoms with Crippen molar-refractivity contribution in [3.05, 3.63) is 62.8 Å². The zero-order valence-electron chi connectivity index (χ0n) is 16.0. The van der Waals surface area contributed by atoms with Gasteiger partial charge in [0, 0.05) is 11.1 Å². The zero-order chi connectivity index (χ0) is 19.9. The first-order valence-corrected chi connectivity index (χ1v) is 11.8. The molecule has 0 N–H and O–H groups in total. The SMILES string of the molecule is CCOc1cccc2c1N(C(=O)Cc1ccccc1)C(C)(C)c1ssc(=S)c1-2. The van der Waals surface area contributed by atoms with Crippen molar-refractivity contribution in [1.82, 2.24) is 0 Å². The van der Waals surface area contributed by atoms with Crippen molar-refractivity contribution in [2.24, 2.45) is 0 Å². The third kappa shape index (κ3) is 3.09. The number of ether oxygens (including phenoxy) is 1. The maximum absolute atomic E-state index is 13.6.